The molecule has 2 aliphatic heterocycles. The SMILES string of the molecule is Cc1ccc(N2CCC[C@H](N(Cc3ccnc(C)c3)Cc3cn(C4CC4)c4cc(C5COCCN5)ccc4c3=O)C2)cn1. The van der Waals surface area contributed by atoms with Gasteiger partial charge in [0.25, 0.3) is 0 Å². The number of piperidine rings is 1. The quantitative estimate of drug-likeness (QED) is 0.313. The third-order valence-electron chi connectivity index (χ3n) is 9.29. The van der Waals surface area contributed by atoms with Crippen LogP contribution in [0.3, 0.4) is 0 Å². The Morgan fingerprint density at radius 1 is 1.02 bits per heavy atom. The van der Waals surface area contributed by atoms with E-state index in [1.54, 1.807) is 0 Å². The van der Waals surface area contributed by atoms with Gasteiger partial charge in [0, 0.05) is 79.5 Å². The van der Waals surface area contributed by atoms with Gasteiger partial charge in [0.2, 0.25) is 0 Å². The Labute approximate surface area is 253 Å². The lowest BCUT2D eigenvalue weighted by molar-refractivity contribution is 0.0769. The summed E-state index contributed by atoms with van der Waals surface area (Å²) in [6, 6.07) is 15.9. The number of pyridine rings is 3. The van der Waals surface area contributed by atoms with E-state index in [0.717, 1.165) is 86.3 Å². The molecule has 3 aromatic heterocycles. The smallest absolute Gasteiger partial charge is 0.193 e. The summed E-state index contributed by atoms with van der Waals surface area (Å²) < 4.78 is 8.12. The van der Waals surface area contributed by atoms with Crippen molar-refractivity contribution in [2.24, 2.45) is 0 Å². The van der Waals surface area contributed by atoms with Crippen molar-refractivity contribution in [3.63, 3.8) is 0 Å². The van der Waals surface area contributed by atoms with Crippen LogP contribution in [0.2, 0.25) is 0 Å². The Bertz CT molecular complexity index is 1640. The van der Waals surface area contributed by atoms with Crippen molar-refractivity contribution in [1.82, 2.24) is 24.8 Å². The van der Waals surface area contributed by atoms with E-state index in [1.807, 2.05) is 26.2 Å². The van der Waals surface area contributed by atoms with E-state index in [0.29, 0.717) is 25.2 Å². The maximum Gasteiger partial charge on any atom is 0.193 e. The number of hydrogen-bond acceptors (Lipinski definition) is 7. The first-order valence-electron chi connectivity index (χ1n) is 15.8. The van der Waals surface area contributed by atoms with Crippen LogP contribution in [-0.2, 0) is 17.8 Å². The number of nitrogens with zero attached hydrogens (tertiary/aromatic N) is 5. The molecule has 3 aliphatic rings. The van der Waals surface area contributed by atoms with Crippen LogP contribution in [0.1, 0.15) is 65.8 Å². The maximum atomic E-state index is 14.1. The first-order valence-corrected chi connectivity index (χ1v) is 15.8. The summed E-state index contributed by atoms with van der Waals surface area (Å²) in [5.41, 5.74) is 7.73. The summed E-state index contributed by atoms with van der Waals surface area (Å²) in [6.07, 6.45) is 10.6. The van der Waals surface area contributed by atoms with Gasteiger partial charge in [-0.05, 0) is 87.1 Å². The fraction of sp³-hybridized carbons (Fsp3) is 0.457. The van der Waals surface area contributed by atoms with Crippen molar-refractivity contribution in [1.29, 1.82) is 0 Å². The predicted octanol–water partition coefficient (Wildman–Crippen LogP) is 5.08. The zero-order valence-electron chi connectivity index (χ0n) is 25.3. The fourth-order valence-electron chi connectivity index (χ4n) is 6.79. The van der Waals surface area contributed by atoms with Gasteiger partial charge in [-0.3, -0.25) is 19.7 Å². The standard InChI is InChI=1S/C35H42N6O2/c1-24-5-7-30(18-38-24)39-14-3-4-31(22-39)40(19-26-11-12-36-25(2)16-26)20-28-21-41(29-8-9-29)34-17-27(6-10-32(34)35(28)42)33-23-43-15-13-37-33/h5-7,10-12,16-18,21,29,31,33,37H,3-4,8-9,13-15,19-20,22-23H2,1-2H3/t31-,33?/m0/s1. The second-order valence-electron chi connectivity index (χ2n) is 12.6. The highest BCUT2D eigenvalue weighted by Gasteiger charge is 2.30. The number of ether oxygens (including phenoxy) is 1. The van der Waals surface area contributed by atoms with E-state index >= 15 is 0 Å². The molecule has 1 aromatic carbocycles. The molecule has 1 N–H and O–H groups in total. The third kappa shape index (κ3) is 6.23. The van der Waals surface area contributed by atoms with Crippen LogP contribution >= 0.6 is 0 Å². The summed E-state index contributed by atoms with van der Waals surface area (Å²) in [5.74, 6) is 0. The highest BCUT2D eigenvalue weighted by molar-refractivity contribution is 5.81. The number of hydrogen-bond donors (Lipinski definition) is 1. The molecule has 224 valence electrons. The van der Waals surface area contributed by atoms with E-state index in [-0.39, 0.29) is 11.5 Å². The number of morpholine rings is 1. The molecular formula is C35H42N6O2. The van der Waals surface area contributed by atoms with Gasteiger partial charge in [0.1, 0.15) is 0 Å². The molecule has 1 aliphatic carbocycles. The van der Waals surface area contributed by atoms with Gasteiger partial charge < -0.3 is 19.5 Å². The molecule has 0 radical (unpaired) electrons. The number of nitrogens with one attached hydrogen (secondary N) is 1. The summed E-state index contributed by atoms with van der Waals surface area (Å²) in [6.45, 7) is 9.67. The van der Waals surface area contributed by atoms with Crippen LogP contribution in [-0.4, -0.2) is 58.3 Å². The molecule has 0 bridgehead atoms. The topological polar surface area (TPSA) is 75.5 Å². The summed E-state index contributed by atoms with van der Waals surface area (Å²) in [5, 5.41) is 4.39. The van der Waals surface area contributed by atoms with E-state index in [2.05, 4.69) is 78.3 Å². The monoisotopic (exact) mass is 578 g/mol. The van der Waals surface area contributed by atoms with Crippen LogP contribution in [0.4, 0.5) is 5.69 Å². The molecule has 1 unspecified atom stereocenters. The van der Waals surface area contributed by atoms with Gasteiger partial charge in [-0.25, -0.2) is 0 Å². The molecule has 43 heavy (non-hydrogen) atoms. The Kier molecular flexibility index (Phi) is 7.99. The summed E-state index contributed by atoms with van der Waals surface area (Å²) >= 11 is 0. The predicted molar refractivity (Wildman–Crippen MR) is 170 cm³/mol. The first kappa shape index (κ1) is 28.2. The second kappa shape index (κ2) is 12.2. The molecule has 4 aromatic rings. The van der Waals surface area contributed by atoms with Crippen molar-refractivity contribution in [3.05, 3.63) is 99.4 Å². The Hall–Kier alpha value is -3.59. The van der Waals surface area contributed by atoms with Crippen molar-refractivity contribution in [2.75, 3.05) is 37.7 Å². The molecule has 3 fully saturated rings. The van der Waals surface area contributed by atoms with Gasteiger partial charge in [0.05, 0.1) is 36.7 Å². The molecule has 2 atom stereocenters. The van der Waals surface area contributed by atoms with Crippen molar-refractivity contribution in [3.8, 4) is 0 Å². The van der Waals surface area contributed by atoms with E-state index < -0.39 is 0 Å². The van der Waals surface area contributed by atoms with Crippen LogP contribution in [0.15, 0.2) is 65.8 Å². The summed E-state index contributed by atoms with van der Waals surface area (Å²) in [4.78, 5) is 28.1. The third-order valence-corrected chi connectivity index (χ3v) is 9.29. The van der Waals surface area contributed by atoms with Crippen molar-refractivity contribution < 1.29 is 4.74 Å². The first-order chi connectivity index (χ1) is 21.0. The number of aromatic nitrogens is 3. The van der Waals surface area contributed by atoms with E-state index in [1.165, 1.54) is 16.8 Å². The van der Waals surface area contributed by atoms with Crippen LogP contribution in [0.25, 0.3) is 10.9 Å². The molecule has 7 rings (SSSR count). The van der Waals surface area contributed by atoms with Crippen molar-refractivity contribution >= 4 is 16.6 Å². The lowest BCUT2D eigenvalue weighted by Crippen LogP contribution is -2.48. The minimum absolute atomic E-state index is 0.151. The Morgan fingerprint density at radius 3 is 2.70 bits per heavy atom. The molecule has 8 heteroatoms. The zero-order valence-corrected chi connectivity index (χ0v) is 25.3. The largest absolute Gasteiger partial charge is 0.378 e. The number of benzene rings is 1. The minimum atomic E-state index is 0.151. The zero-order chi connectivity index (χ0) is 29.3. The molecule has 8 nitrogen and oxygen atoms in total. The Balaban J connectivity index is 1.23. The second-order valence-corrected chi connectivity index (χ2v) is 12.6. The minimum Gasteiger partial charge on any atom is -0.378 e. The van der Waals surface area contributed by atoms with Gasteiger partial charge in [0.15, 0.2) is 5.43 Å². The lowest BCUT2D eigenvalue weighted by Gasteiger charge is -2.40. The van der Waals surface area contributed by atoms with Crippen LogP contribution in [0, 0.1) is 13.8 Å². The van der Waals surface area contributed by atoms with Crippen LogP contribution < -0.4 is 15.6 Å². The lowest BCUT2D eigenvalue weighted by atomic mass is 10.00. The number of fused-ring (bicyclic) bond motifs is 1. The van der Waals surface area contributed by atoms with Gasteiger partial charge in [-0.2, -0.15) is 0 Å². The molecule has 2 saturated heterocycles. The molecule has 0 spiro atoms. The van der Waals surface area contributed by atoms with Gasteiger partial charge >= 0.3 is 0 Å². The normalized spacial score (nSPS) is 21.0. The average molecular weight is 579 g/mol. The Morgan fingerprint density at radius 2 is 1.93 bits per heavy atom. The maximum absolute atomic E-state index is 14.1. The van der Waals surface area contributed by atoms with Crippen LogP contribution in [0.5, 0.6) is 0 Å². The van der Waals surface area contributed by atoms with Gasteiger partial charge in [-0.15, -0.1) is 0 Å². The molecule has 5 heterocycles. The average Bonchev–Trinajstić information content (AvgIpc) is 3.88. The van der Waals surface area contributed by atoms with E-state index in [4.69, 9.17) is 4.74 Å². The molecule has 1 saturated carbocycles. The number of anilines is 1. The van der Waals surface area contributed by atoms with E-state index in [9.17, 15) is 4.79 Å². The van der Waals surface area contributed by atoms with Gasteiger partial charge in [-0.1, -0.05) is 6.07 Å². The molecular weight excluding hydrogens is 536 g/mol. The van der Waals surface area contributed by atoms with Crippen molar-refractivity contribution in [2.45, 2.75) is 70.7 Å². The fourth-order valence-corrected chi connectivity index (χ4v) is 6.79. The number of aryl methyl sites for hydroxylation is 2. The highest BCUT2D eigenvalue weighted by atomic mass is 16.5. The summed E-state index contributed by atoms with van der Waals surface area (Å²) in [7, 11) is 0. The highest BCUT2D eigenvalue weighted by Crippen LogP contribution is 2.38. The molecule has 0 amide bonds. The number of rotatable bonds is 8.